The third kappa shape index (κ3) is 5.09. The number of nitrogens with one attached hydrogen (secondary N) is 3. The van der Waals surface area contributed by atoms with Crippen molar-refractivity contribution in [1.29, 1.82) is 0 Å². The number of hydrogen-bond acceptors (Lipinski definition) is 3. The predicted octanol–water partition coefficient (Wildman–Crippen LogP) is 4.69. The zero-order valence-corrected chi connectivity index (χ0v) is 17.1. The van der Waals surface area contributed by atoms with Crippen LogP contribution in [-0.2, 0) is 17.8 Å². The number of hydroxylamine groups is 1. The molecule has 5 nitrogen and oxygen atoms in total. The molecule has 156 valence electrons. The normalized spacial score (nSPS) is 11.3. The van der Waals surface area contributed by atoms with Crippen molar-refractivity contribution < 1.29 is 10.0 Å². The van der Waals surface area contributed by atoms with Crippen LogP contribution >= 0.6 is 0 Å². The minimum Gasteiger partial charge on any atom is -0.354 e. The first kappa shape index (κ1) is 20.6. The average Bonchev–Trinajstić information content (AvgIpc) is 3.20. The molecular weight excluding hydrogens is 386 g/mol. The van der Waals surface area contributed by atoms with Crippen LogP contribution in [0.5, 0.6) is 0 Å². The summed E-state index contributed by atoms with van der Waals surface area (Å²) < 4.78 is 0. The van der Waals surface area contributed by atoms with Gasteiger partial charge in [-0.25, -0.2) is 5.48 Å². The van der Waals surface area contributed by atoms with Gasteiger partial charge in [-0.2, -0.15) is 0 Å². The van der Waals surface area contributed by atoms with Crippen LogP contribution in [0.4, 0.5) is 0 Å². The van der Waals surface area contributed by atoms with E-state index >= 15 is 0 Å². The van der Waals surface area contributed by atoms with Gasteiger partial charge in [0.2, 0.25) is 0 Å². The SMILES string of the molecule is O=C(C=Cc1ccc(CNCCc2c(-c3ccccc3)[nH]c3ccccc23)cc1)NO. The fraction of sp³-hybridized carbons (Fsp3) is 0.115. The Hall–Kier alpha value is -3.67. The summed E-state index contributed by atoms with van der Waals surface area (Å²) in [5.74, 6) is -0.544. The maximum atomic E-state index is 11.1. The zero-order valence-electron chi connectivity index (χ0n) is 17.1. The van der Waals surface area contributed by atoms with Gasteiger partial charge < -0.3 is 10.3 Å². The summed E-state index contributed by atoms with van der Waals surface area (Å²) in [7, 11) is 0. The number of carbonyl (C=O) groups is 1. The third-order valence-electron chi connectivity index (χ3n) is 5.27. The molecule has 0 aliphatic rings. The molecule has 4 aromatic rings. The first-order valence-corrected chi connectivity index (χ1v) is 10.3. The number of aromatic nitrogens is 1. The van der Waals surface area contributed by atoms with E-state index in [0.29, 0.717) is 0 Å². The monoisotopic (exact) mass is 411 g/mol. The van der Waals surface area contributed by atoms with Crippen molar-refractivity contribution in [2.75, 3.05) is 6.54 Å². The largest absolute Gasteiger partial charge is 0.354 e. The van der Waals surface area contributed by atoms with Crippen molar-refractivity contribution in [3.05, 3.63) is 102 Å². The van der Waals surface area contributed by atoms with Crippen LogP contribution in [0.3, 0.4) is 0 Å². The van der Waals surface area contributed by atoms with Crippen LogP contribution in [0.25, 0.3) is 28.2 Å². The minimum atomic E-state index is -0.544. The Balaban J connectivity index is 1.40. The molecule has 0 saturated carbocycles. The van der Waals surface area contributed by atoms with Crippen molar-refractivity contribution in [2.24, 2.45) is 0 Å². The minimum absolute atomic E-state index is 0.544. The summed E-state index contributed by atoms with van der Waals surface area (Å²) in [6, 6.07) is 26.9. The number of H-pyrrole nitrogens is 1. The van der Waals surface area contributed by atoms with Gasteiger partial charge in [-0.1, -0.05) is 72.8 Å². The lowest BCUT2D eigenvalue weighted by Gasteiger charge is -2.08. The Morgan fingerprint density at radius 2 is 1.68 bits per heavy atom. The summed E-state index contributed by atoms with van der Waals surface area (Å²) in [5.41, 5.74) is 8.53. The molecule has 0 saturated heterocycles. The Kier molecular flexibility index (Phi) is 6.57. The molecule has 0 aliphatic carbocycles. The van der Waals surface area contributed by atoms with Crippen molar-refractivity contribution in [3.8, 4) is 11.3 Å². The van der Waals surface area contributed by atoms with Crippen LogP contribution in [0.2, 0.25) is 0 Å². The molecule has 1 amide bonds. The molecule has 5 heteroatoms. The lowest BCUT2D eigenvalue weighted by atomic mass is 10.0. The van der Waals surface area contributed by atoms with Gasteiger partial charge in [0.25, 0.3) is 5.91 Å². The number of fused-ring (bicyclic) bond motifs is 1. The number of carbonyl (C=O) groups excluding carboxylic acids is 1. The second kappa shape index (κ2) is 9.89. The number of hydrogen-bond donors (Lipinski definition) is 4. The standard InChI is InChI=1S/C26H25N3O2/c30-25(29-31)15-14-19-10-12-20(13-11-19)18-27-17-16-23-22-8-4-5-9-24(22)28-26(23)21-6-2-1-3-7-21/h1-15,27-28,31H,16-18H2,(H,29,30). The van der Waals surface area contributed by atoms with E-state index in [1.165, 1.54) is 33.8 Å². The van der Waals surface area contributed by atoms with E-state index in [4.69, 9.17) is 5.21 Å². The summed E-state index contributed by atoms with van der Waals surface area (Å²) >= 11 is 0. The molecule has 3 aromatic carbocycles. The van der Waals surface area contributed by atoms with Crippen LogP contribution < -0.4 is 10.8 Å². The van der Waals surface area contributed by atoms with Crippen molar-refractivity contribution in [1.82, 2.24) is 15.8 Å². The smallest absolute Gasteiger partial charge is 0.267 e. The first-order chi connectivity index (χ1) is 15.2. The Morgan fingerprint density at radius 1 is 0.935 bits per heavy atom. The summed E-state index contributed by atoms with van der Waals surface area (Å²) in [5, 5.41) is 13.3. The molecule has 0 bridgehead atoms. The maximum Gasteiger partial charge on any atom is 0.267 e. The molecule has 0 radical (unpaired) electrons. The molecule has 0 aliphatic heterocycles. The van der Waals surface area contributed by atoms with Crippen molar-refractivity contribution in [2.45, 2.75) is 13.0 Å². The topological polar surface area (TPSA) is 77.2 Å². The van der Waals surface area contributed by atoms with E-state index < -0.39 is 5.91 Å². The fourth-order valence-corrected chi connectivity index (χ4v) is 3.71. The summed E-state index contributed by atoms with van der Waals surface area (Å²) in [6.45, 7) is 1.63. The second-order valence-corrected chi connectivity index (χ2v) is 7.37. The van der Waals surface area contributed by atoms with Gasteiger partial charge in [-0.05, 0) is 47.4 Å². The Morgan fingerprint density at radius 3 is 2.45 bits per heavy atom. The van der Waals surface area contributed by atoms with Gasteiger partial charge in [0.15, 0.2) is 0 Å². The maximum absolute atomic E-state index is 11.1. The van der Waals surface area contributed by atoms with Crippen LogP contribution in [0.15, 0.2) is 84.9 Å². The van der Waals surface area contributed by atoms with Gasteiger partial charge >= 0.3 is 0 Å². The van der Waals surface area contributed by atoms with E-state index in [1.807, 2.05) is 30.3 Å². The van der Waals surface area contributed by atoms with E-state index in [-0.39, 0.29) is 0 Å². The first-order valence-electron chi connectivity index (χ1n) is 10.3. The highest BCUT2D eigenvalue weighted by Crippen LogP contribution is 2.30. The fourth-order valence-electron chi connectivity index (χ4n) is 3.71. The molecule has 1 aromatic heterocycles. The number of para-hydroxylation sites is 1. The summed E-state index contributed by atoms with van der Waals surface area (Å²) in [4.78, 5) is 14.7. The molecule has 0 atom stereocenters. The number of benzene rings is 3. The highest BCUT2D eigenvalue weighted by molar-refractivity contribution is 5.91. The van der Waals surface area contributed by atoms with Crippen LogP contribution in [-0.4, -0.2) is 22.6 Å². The molecule has 0 spiro atoms. The van der Waals surface area contributed by atoms with Gasteiger partial charge in [0.1, 0.15) is 0 Å². The van der Waals surface area contributed by atoms with E-state index in [2.05, 4.69) is 58.8 Å². The van der Waals surface area contributed by atoms with Gasteiger partial charge in [0.05, 0.1) is 0 Å². The highest BCUT2D eigenvalue weighted by atomic mass is 16.5. The van der Waals surface area contributed by atoms with E-state index in [0.717, 1.165) is 30.6 Å². The molecular formula is C26H25N3O2. The molecule has 4 rings (SSSR count). The van der Waals surface area contributed by atoms with Crippen LogP contribution in [0, 0.1) is 0 Å². The zero-order chi connectivity index (χ0) is 21.5. The summed E-state index contributed by atoms with van der Waals surface area (Å²) in [6.07, 6.45) is 3.87. The van der Waals surface area contributed by atoms with E-state index in [9.17, 15) is 4.79 Å². The van der Waals surface area contributed by atoms with Crippen molar-refractivity contribution >= 4 is 22.9 Å². The van der Waals surface area contributed by atoms with Crippen LogP contribution in [0.1, 0.15) is 16.7 Å². The third-order valence-corrected chi connectivity index (χ3v) is 5.27. The molecule has 0 fully saturated rings. The van der Waals surface area contributed by atoms with Gasteiger partial charge in [-0.15, -0.1) is 0 Å². The van der Waals surface area contributed by atoms with E-state index in [1.54, 1.807) is 11.6 Å². The average molecular weight is 412 g/mol. The van der Waals surface area contributed by atoms with Gasteiger partial charge in [0, 0.05) is 29.2 Å². The molecule has 1 heterocycles. The Bertz CT molecular complexity index is 1180. The second-order valence-electron chi connectivity index (χ2n) is 7.37. The lowest BCUT2D eigenvalue weighted by Crippen LogP contribution is -2.16. The number of amides is 1. The quantitative estimate of drug-likeness (QED) is 0.147. The lowest BCUT2D eigenvalue weighted by molar-refractivity contribution is -0.124. The Labute approximate surface area is 181 Å². The van der Waals surface area contributed by atoms with Gasteiger partial charge in [-0.3, -0.25) is 10.0 Å². The van der Waals surface area contributed by atoms with Crippen molar-refractivity contribution in [3.63, 3.8) is 0 Å². The molecule has 4 N–H and O–H groups in total. The predicted molar refractivity (Wildman–Crippen MR) is 125 cm³/mol. The molecule has 31 heavy (non-hydrogen) atoms. The number of rotatable bonds is 8. The molecule has 0 unspecified atom stereocenters. The highest BCUT2D eigenvalue weighted by Gasteiger charge is 2.12. The number of aromatic amines is 1.